The van der Waals surface area contributed by atoms with Crippen molar-refractivity contribution in [1.29, 1.82) is 0 Å². The summed E-state index contributed by atoms with van der Waals surface area (Å²) in [4.78, 5) is 0.00818. The molecule has 2 aromatic rings. The summed E-state index contributed by atoms with van der Waals surface area (Å²) in [7, 11) is -3.43. The Labute approximate surface area is 116 Å². The van der Waals surface area contributed by atoms with E-state index in [0.717, 1.165) is 6.26 Å². The van der Waals surface area contributed by atoms with Gasteiger partial charge in [-0.25, -0.2) is 12.8 Å². The van der Waals surface area contributed by atoms with Gasteiger partial charge in [0.05, 0.1) is 10.6 Å². The summed E-state index contributed by atoms with van der Waals surface area (Å²) in [6, 6.07) is 8.76. The van der Waals surface area contributed by atoms with Gasteiger partial charge in [-0.3, -0.25) is 0 Å². The fourth-order valence-corrected chi connectivity index (χ4v) is 2.57. The molecule has 0 aliphatic carbocycles. The van der Waals surface area contributed by atoms with Gasteiger partial charge in [0.15, 0.2) is 15.6 Å². The van der Waals surface area contributed by atoms with Crippen molar-refractivity contribution in [3.05, 3.63) is 47.8 Å². The van der Waals surface area contributed by atoms with Crippen LogP contribution in [0.15, 0.2) is 41.3 Å². The Hall–Kier alpha value is -2.08. The molecular formula is C14H14FNO3S. The monoisotopic (exact) mass is 295 g/mol. The van der Waals surface area contributed by atoms with Gasteiger partial charge in [0, 0.05) is 6.26 Å². The van der Waals surface area contributed by atoms with E-state index in [-0.39, 0.29) is 22.1 Å². The van der Waals surface area contributed by atoms with Gasteiger partial charge in [0.25, 0.3) is 0 Å². The van der Waals surface area contributed by atoms with Crippen molar-refractivity contribution in [3.8, 4) is 11.5 Å². The number of anilines is 1. The minimum absolute atomic E-state index is 0.00818. The highest BCUT2D eigenvalue weighted by Gasteiger charge is 2.15. The maximum Gasteiger partial charge on any atom is 0.177 e. The zero-order valence-corrected chi connectivity index (χ0v) is 11.9. The molecule has 2 aromatic carbocycles. The lowest BCUT2D eigenvalue weighted by Crippen LogP contribution is -2.03. The predicted octanol–water partition coefficient (Wildman–Crippen LogP) is 2.91. The lowest BCUT2D eigenvalue weighted by atomic mass is 10.2. The number of halogens is 1. The Balaban J connectivity index is 2.42. The number of nitrogens with two attached hydrogens (primary N) is 1. The van der Waals surface area contributed by atoms with Crippen LogP contribution in [-0.4, -0.2) is 14.7 Å². The van der Waals surface area contributed by atoms with Gasteiger partial charge >= 0.3 is 0 Å². The molecule has 2 rings (SSSR count). The van der Waals surface area contributed by atoms with Crippen LogP contribution in [0.5, 0.6) is 11.5 Å². The van der Waals surface area contributed by atoms with Gasteiger partial charge < -0.3 is 10.5 Å². The molecule has 0 aromatic heterocycles. The number of ether oxygens (including phenoxy) is 1. The molecule has 0 radical (unpaired) electrons. The maximum atomic E-state index is 13.2. The first-order valence-corrected chi connectivity index (χ1v) is 7.71. The zero-order chi connectivity index (χ0) is 14.9. The van der Waals surface area contributed by atoms with Crippen molar-refractivity contribution in [2.75, 3.05) is 12.0 Å². The molecule has 0 atom stereocenters. The van der Waals surface area contributed by atoms with E-state index in [1.165, 1.54) is 24.3 Å². The van der Waals surface area contributed by atoms with Crippen LogP contribution in [0.3, 0.4) is 0 Å². The van der Waals surface area contributed by atoms with Crippen LogP contribution in [-0.2, 0) is 9.84 Å². The summed E-state index contributed by atoms with van der Waals surface area (Å²) in [6.07, 6.45) is 1.07. The Kier molecular flexibility index (Phi) is 3.67. The highest BCUT2D eigenvalue weighted by molar-refractivity contribution is 7.90. The van der Waals surface area contributed by atoms with E-state index in [9.17, 15) is 12.8 Å². The van der Waals surface area contributed by atoms with Crippen molar-refractivity contribution >= 4 is 15.5 Å². The topological polar surface area (TPSA) is 69.4 Å². The van der Waals surface area contributed by atoms with Crippen LogP contribution in [0.4, 0.5) is 10.1 Å². The van der Waals surface area contributed by atoms with Gasteiger partial charge in [-0.15, -0.1) is 0 Å². The van der Waals surface area contributed by atoms with Gasteiger partial charge in [-0.2, -0.15) is 0 Å². The highest BCUT2D eigenvalue weighted by Crippen LogP contribution is 2.32. The second-order valence-electron chi connectivity index (χ2n) is 4.45. The first kappa shape index (κ1) is 14.3. The van der Waals surface area contributed by atoms with Gasteiger partial charge in [0.2, 0.25) is 0 Å². The van der Waals surface area contributed by atoms with Crippen LogP contribution < -0.4 is 10.5 Å². The summed E-state index contributed by atoms with van der Waals surface area (Å²) >= 11 is 0. The first-order valence-electron chi connectivity index (χ1n) is 5.81. The van der Waals surface area contributed by atoms with E-state index in [1.54, 1.807) is 19.1 Å². The molecule has 6 heteroatoms. The number of sulfone groups is 1. The third kappa shape index (κ3) is 2.91. The van der Waals surface area contributed by atoms with Crippen LogP contribution >= 0.6 is 0 Å². The average Bonchev–Trinajstić information content (AvgIpc) is 2.35. The van der Waals surface area contributed by atoms with Crippen molar-refractivity contribution in [1.82, 2.24) is 0 Å². The molecule has 0 fully saturated rings. The molecule has 0 amide bonds. The maximum absolute atomic E-state index is 13.2. The van der Waals surface area contributed by atoms with Crippen molar-refractivity contribution < 1.29 is 17.5 Å². The molecule has 0 saturated carbocycles. The van der Waals surface area contributed by atoms with E-state index < -0.39 is 9.84 Å². The number of nitrogen functional groups attached to an aromatic ring is 1. The smallest absolute Gasteiger partial charge is 0.177 e. The normalized spacial score (nSPS) is 11.3. The number of hydrogen-bond donors (Lipinski definition) is 1. The second kappa shape index (κ2) is 5.13. The first-order chi connectivity index (χ1) is 9.29. The summed E-state index contributed by atoms with van der Waals surface area (Å²) in [5, 5.41) is 0. The fourth-order valence-electron chi connectivity index (χ4n) is 1.74. The molecule has 0 aliphatic rings. The minimum atomic E-state index is -3.43. The molecule has 0 spiro atoms. The number of aryl methyl sites for hydroxylation is 1. The van der Waals surface area contributed by atoms with Crippen molar-refractivity contribution in [2.45, 2.75) is 11.8 Å². The summed E-state index contributed by atoms with van der Waals surface area (Å²) < 4.78 is 41.8. The van der Waals surface area contributed by atoms with Crippen LogP contribution in [0.1, 0.15) is 5.56 Å². The molecule has 0 aliphatic heterocycles. The Morgan fingerprint density at radius 1 is 1.20 bits per heavy atom. The quantitative estimate of drug-likeness (QED) is 0.884. The van der Waals surface area contributed by atoms with E-state index in [2.05, 4.69) is 0 Å². The molecule has 2 N–H and O–H groups in total. The molecule has 0 bridgehead atoms. The van der Waals surface area contributed by atoms with Gasteiger partial charge in [-0.05, 0) is 42.8 Å². The average molecular weight is 295 g/mol. The lowest BCUT2D eigenvalue weighted by molar-refractivity contribution is 0.480. The zero-order valence-electron chi connectivity index (χ0n) is 11.1. The van der Waals surface area contributed by atoms with Crippen LogP contribution in [0.2, 0.25) is 0 Å². The number of hydrogen-bond acceptors (Lipinski definition) is 4. The largest absolute Gasteiger partial charge is 0.455 e. The number of benzene rings is 2. The van der Waals surface area contributed by atoms with Crippen molar-refractivity contribution in [2.24, 2.45) is 0 Å². The Morgan fingerprint density at radius 2 is 1.90 bits per heavy atom. The third-order valence-electron chi connectivity index (χ3n) is 2.78. The number of para-hydroxylation sites is 1. The fraction of sp³-hybridized carbons (Fsp3) is 0.143. The SMILES string of the molecule is Cc1cc(Oc2cccc(S(C)(=O)=O)c2N)ccc1F. The molecule has 0 unspecified atom stereocenters. The van der Waals surface area contributed by atoms with E-state index in [4.69, 9.17) is 10.5 Å². The molecule has 106 valence electrons. The molecule has 0 heterocycles. The van der Waals surface area contributed by atoms with Crippen LogP contribution in [0.25, 0.3) is 0 Å². The van der Waals surface area contributed by atoms with Crippen molar-refractivity contribution in [3.63, 3.8) is 0 Å². The lowest BCUT2D eigenvalue weighted by Gasteiger charge is -2.11. The second-order valence-corrected chi connectivity index (χ2v) is 6.44. The molecule has 4 nitrogen and oxygen atoms in total. The summed E-state index contributed by atoms with van der Waals surface area (Å²) in [5.74, 6) is 0.274. The number of rotatable bonds is 3. The van der Waals surface area contributed by atoms with E-state index in [1.807, 2.05) is 0 Å². The van der Waals surface area contributed by atoms with Crippen LogP contribution in [0, 0.1) is 12.7 Å². The van der Waals surface area contributed by atoms with E-state index in [0.29, 0.717) is 11.3 Å². The summed E-state index contributed by atoms with van der Waals surface area (Å²) in [6.45, 7) is 1.61. The Bertz CT molecular complexity index is 757. The Morgan fingerprint density at radius 3 is 2.50 bits per heavy atom. The predicted molar refractivity (Wildman–Crippen MR) is 75.2 cm³/mol. The molecule has 20 heavy (non-hydrogen) atoms. The third-order valence-corrected chi connectivity index (χ3v) is 3.94. The minimum Gasteiger partial charge on any atom is -0.455 e. The van der Waals surface area contributed by atoms with Gasteiger partial charge in [0.1, 0.15) is 11.6 Å². The molecular weight excluding hydrogens is 281 g/mol. The highest BCUT2D eigenvalue weighted by atomic mass is 32.2. The standard InChI is InChI=1S/C14H14FNO3S/c1-9-8-10(6-7-11(9)15)19-12-4-3-5-13(14(12)16)20(2,17)18/h3-8H,16H2,1-2H3. The molecule has 0 saturated heterocycles. The summed E-state index contributed by atoms with van der Waals surface area (Å²) in [5.41, 5.74) is 6.28. The van der Waals surface area contributed by atoms with Gasteiger partial charge in [-0.1, -0.05) is 6.07 Å². The van der Waals surface area contributed by atoms with E-state index >= 15 is 0 Å².